The quantitative estimate of drug-likeness (QED) is 0.551. The second-order valence-corrected chi connectivity index (χ2v) is 7.85. The van der Waals surface area contributed by atoms with Gasteiger partial charge >= 0.3 is 0 Å². The highest BCUT2D eigenvalue weighted by atomic mass is 19.2. The number of fused-ring (bicyclic) bond motifs is 1. The molecule has 0 radical (unpaired) electrons. The lowest BCUT2D eigenvalue weighted by molar-refractivity contribution is -0.122. The number of hydrogen-bond donors (Lipinski definition) is 1. The number of carbonyl (C=O) groups excluding carboxylic acids is 2. The molecule has 9 heteroatoms. The summed E-state index contributed by atoms with van der Waals surface area (Å²) in [5, 5.41) is 0. The number of nitrogens with zero attached hydrogens (tertiary/aromatic N) is 1. The Morgan fingerprint density at radius 1 is 0.941 bits per heavy atom. The van der Waals surface area contributed by atoms with Crippen molar-refractivity contribution in [2.75, 3.05) is 13.2 Å². The fraction of sp³-hybridized carbons (Fsp3) is 0.200. The first-order chi connectivity index (χ1) is 16.3. The smallest absolute Gasteiger partial charge is 0.258 e. The minimum Gasteiger partial charge on any atom is -0.486 e. The SMILES string of the molecule is Cc1ccc(CN(C(=O)c2ccc(F)c(F)c2F)[C@@H](C(N)=O)c2ccc3c(c2)OCCO3)cc1. The highest BCUT2D eigenvalue weighted by Gasteiger charge is 2.34. The molecule has 1 aliphatic heterocycles. The molecule has 0 spiro atoms. The lowest BCUT2D eigenvalue weighted by Crippen LogP contribution is -2.41. The maximum atomic E-state index is 14.5. The minimum atomic E-state index is -1.78. The van der Waals surface area contributed by atoms with E-state index < -0.39 is 40.9 Å². The molecule has 2 amide bonds. The van der Waals surface area contributed by atoms with Gasteiger partial charge in [-0.3, -0.25) is 9.59 Å². The molecule has 3 aromatic carbocycles. The number of benzene rings is 3. The molecule has 4 rings (SSSR count). The third-order valence-electron chi connectivity index (χ3n) is 5.46. The normalized spacial score (nSPS) is 13.3. The monoisotopic (exact) mass is 470 g/mol. The van der Waals surface area contributed by atoms with Crippen molar-refractivity contribution in [1.82, 2.24) is 4.90 Å². The predicted octanol–water partition coefficient (Wildman–Crippen LogP) is 4.05. The molecule has 0 saturated heterocycles. The standard InChI is InChI=1S/C25H21F3N2O4/c1-14-2-4-15(5-3-14)13-30(25(32)17-7-8-18(26)22(28)21(17)27)23(24(29)31)16-6-9-19-20(12-16)34-11-10-33-19/h2-9,12,23H,10-11,13H2,1H3,(H2,29,31)/t23-/m1/s1. The maximum Gasteiger partial charge on any atom is 0.258 e. The maximum absolute atomic E-state index is 14.5. The molecular formula is C25H21F3N2O4. The van der Waals surface area contributed by atoms with E-state index in [4.69, 9.17) is 15.2 Å². The van der Waals surface area contributed by atoms with Gasteiger partial charge in [-0.2, -0.15) is 0 Å². The van der Waals surface area contributed by atoms with Crippen LogP contribution in [0.15, 0.2) is 54.6 Å². The van der Waals surface area contributed by atoms with Gasteiger partial charge in [-0.05, 0) is 42.3 Å². The summed E-state index contributed by atoms with van der Waals surface area (Å²) < 4.78 is 53.0. The van der Waals surface area contributed by atoms with E-state index in [-0.39, 0.29) is 6.54 Å². The average Bonchev–Trinajstić information content (AvgIpc) is 2.83. The number of hydrogen-bond acceptors (Lipinski definition) is 4. The highest BCUT2D eigenvalue weighted by Crippen LogP contribution is 2.35. The van der Waals surface area contributed by atoms with Gasteiger partial charge in [0, 0.05) is 6.54 Å². The first kappa shape index (κ1) is 23.2. The summed E-state index contributed by atoms with van der Waals surface area (Å²) in [6, 6.07) is 11.8. The molecule has 2 N–H and O–H groups in total. The van der Waals surface area contributed by atoms with Crippen LogP contribution in [-0.2, 0) is 11.3 Å². The Kier molecular flexibility index (Phi) is 6.45. The molecule has 1 atom stereocenters. The summed E-state index contributed by atoms with van der Waals surface area (Å²) in [7, 11) is 0. The number of halogens is 3. The Morgan fingerprint density at radius 2 is 1.62 bits per heavy atom. The van der Waals surface area contributed by atoms with E-state index in [0.717, 1.165) is 16.5 Å². The molecule has 0 aliphatic carbocycles. The number of carbonyl (C=O) groups is 2. The van der Waals surface area contributed by atoms with E-state index in [2.05, 4.69) is 0 Å². The minimum absolute atomic E-state index is 0.153. The number of primary amides is 1. The van der Waals surface area contributed by atoms with E-state index in [1.165, 1.54) is 6.07 Å². The van der Waals surface area contributed by atoms with Crippen molar-refractivity contribution in [2.24, 2.45) is 5.73 Å². The molecule has 0 aromatic heterocycles. The van der Waals surface area contributed by atoms with Gasteiger partial charge in [0.05, 0.1) is 5.56 Å². The largest absolute Gasteiger partial charge is 0.486 e. The van der Waals surface area contributed by atoms with Crippen LogP contribution in [0.25, 0.3) is 0 Å². The second kappa shape index (κ2) is 9.46. The number of rotatable bonds is 6. The first-order valence-electron chi connectivity index (χ1n) is 10.4. The van der Waals surface area contributed by atoms with Gasteiger partial charge in [0.25, 0.3) is 5.91 Å². The van der Waals surface area contributed by atoms with Crippen molar-refractivity contribution in [2.45, 2.75) is 19.5 Å². The number of ether oxygens (including phenoxy) is 2. The van der Waals surface area contributed by atoms with Crippen LogP contribution in [0.3, 0.4) is 0 Å². The summed E-state index contributed by atoms with van der Waals surface area (Å²) in [6.07, 6.45) is 0. The van der Waals surface area contributed by atoms with Gasteiger partial charge in [0.15, 0.2) is 29.0 Å². The molecule has 1 heterocycles. The molecule has 0 fully saturated rings. The lowest BCUT2D eigenvalue weighted by atomic mass is 10.0. The highest BCUT2D eigenvalue weighted by molar-refractivity contribution is 5.98. The van der Waals surface area contributed by atoms with Crippen LogP contribution in [-0.4, -0.2) is 29.9 Å². The molecule has 176 valence electrons. The van der Waals surface area contributed by atoms with Gasteiger partial charge in [0.2, 0.25) is 5.91 Å². The fourth-order valence-electron chi connectivity index (χ4n) is 3.74. The molecule has 0 saturated carbocycles. The van der Waals surface area contributed by atoms with Gasteiger partial charge in [-0.25, -0.2) is 13.2 Å². The van der Waals surface area contributed by atoms with Crippen LogP contribution in [0.4, 0.5) is 13.2 Å². The van der Waals surface area contributed by atoms with Crippen LogP contribution in [0.2, 0.25) is 0 Å². The summed E-state index contributed by atoms with van der Waals surface area (Å²) >= 11 is 0. The summed E-state index contributed by atoms with van der Waals surface area (Å²) in [5.41, 5.74) is 6.84. The number of aryl methyl sites for hydroxylation is 1. The molecular weight excluding hydrogens is 449 g/mol. The third kappa shape index (κ3) is 4.54. The van der Waals surface area contributed by atoms with Gasteiger partial charge < -0.3 is 20.1 Å². The van der Waals surface area contributed by atoms with Crippen molar-refractivity contribution < 1.29 is 32.2 Å². The van der Waals surface area contributed by atoms with E-state index >= 15 is 0 Å². The van der Waals surface area contributed by atoms with Crippen LogP contribution in [0.5, 0.6) is 11.5 Å². The van der Waals surface area contributed by atoms with E-state index in [0.29, 0.717) is 41.9 Å². The van der Waals surface area contributed by atoms with Crippen molar-refractivity contribution >= 4 is 11.8 Å². The summed E-state index contributed by atoms with van der Waals surface area (Å²) in [5.74, 6) is -5.98. The van der Waals surface area contributed by atoms with Crippen molar-refractivity contribution in [3.05, 3.63) is 94.3 Å². The zero-order valence-corrected chi connectivity index (χ0v) is 18.2. The van der Waals surface area contributed by atoms with Crippen LogP contribution >= 0.6 is 0 Å². The lowest BCUT2D eigenvalue weighted by Gasteiger charge is -2.31. The van der Waals surface area contributed by atoms with Crippen LogP contribution in [0, 0.1) is 24.4 Å². The Balaban J connectivity index is 1.81. The third-order valence-corrected chi connectivity index (χ3v) is 5.46. The Labute approximate surface area is 193 Å². The zero-order valence-electron chi connectivity index (χ0n) is 18.2. The van der Waals surface area contributed by atoms with Crippen LogP contribution in [0.1, 0.15) is 33.1 Å². The van der Waals surface area contributed by atoms with Crippen molar-refractivity contribution in [1.29, 1.82) is 0 Å². The predicted molar refractivity (Wildman–Crippen MR) is 117 cm³/mol. The Bertz CT molecular complexity index is 1250. The van der Waals surface area contributed by atoms with Crippen molar-refractivity contribution in [3.63, 3.8) is 0 Å². The molecule has 1 aliphatic rings. The van der Waals surface area contributed by atoms with E-state index in [1.54, 1.807) is 36.4 Å². The van der Waals surface area contributed by atoms with Gasteiger partial charge in [-0.1, -0.05) is 35.9 Å². The van der Waals surface area contributed by atoms with E-state index in [9.17, 15) is 22.8 Å². The summed E-state index contributed by atoms with van der Waals surface area (Å²) in [6.45, 7) is 2.38. The molecule has 6 nitrogen and oxygen atoms in total. The molecule has 0 bridgehead atoms. The molecule has 3 aromatic rings. The van der Waals surface area contributed by atoms with Gasteiger partial charge in [0.1, 0.15) is 19.3 Å². The van der Waals surface area contributed by atoms with E-state index in [1.807, 2.05) is 6.92 Å². The second-order valence-electron chi connectivity index (χ2n) is 7.85. The molecule has 0 unspecified atom stereocenters. The van der Waals surface area contributed by atoms with Crippen LogP contribution < -0.4 is 15.2 Å². The first-order valence-corrected chi connectivity index (χ1v) is 10.4. The summed E-state index contributed by atoms with van der Waals surface area (Å²) in [4.78, 5) is 27.1. The number of nitrogens with two attached hydrogens (primary N) is 1. The Hall–Kier alpha value is -4.01. The zero-order chi connectivity index (χ0) is 24.4. The average molecular weight is 470 g/mol. The van der Waals surface area contributed by atoms with Gasteiger partial charge in [-0.15, -0.1) is 0 Å². The Morgan fingerprint density at radius 3 is 2.29 bits per heavy atom. The number of amides is 2. The fourth-order valence-corrected chi connectivity index (χ4v) is 3.74. The van der Waals surface area contributed by atoms with Crippen molar-refractivity contribution in [3.8, 4) is 11.5 Å². The topological polar surface area (TPSA) is 81.9 Å². The molecule has 34 heavy (non-hydrogen) atoms.